The van der Waals surface area contributed by atoms with Gasteiger partial charge >= 0.3 is 5.97 Å². The molecule has 100 valence electrons. The number of carbonyl (C=O) groups excluding carboxylic acids is 1. The van der Waals surface area contributed by atoms with Crippen LogP contribution in [0.25, 0.3) is 0 Å². The molecule has 0 spiro atoms. The zero-order valence-corrected chi connectivity index (χ0v) is 12.5. The number of pyridine rings is 1. The van der Waals surface area contributed by atoms with Gasteiger partial charge in [-0.05, 0) is 41.8 Å². The van der Waals surface area contributed by atoms with Crippen LogP contribution < -0.4 is 5.56 Å². The average molecular weight is 316 g/mol. The number of aromatic nitrogens is 1. The van der Waals surface area contributed by atoms with Crippen molar-refractivity contribution < 1.29 is 9.53 Å². The smallest absolute Gasteiger partial charge is 0.329 e. The second-order valence-electron chi connectivity index (χ2n) is 4.11. The molecule has 1 aromatic rings. The van der Waals surface area contributed by atoms with Crippen molar-refractivity contribution in [3.63, 3.8) is 0 Å². The molecule has 1 heterocycles. The summed E-state index contributed by atoms with van der Waals surface area (Å²) in [6.07, 6.45) is 3.06. The van der Waals surface area contributed by atoms with Gasteiger partial charge in [0.05, 0.1) is 6.61 Å². The number of nitrogens with zero attached hydrogens (tertiary/aromatic N) is 1. The van der Waals surface area contributed by atoms with E-state index in [1.165, 1.54) is 10.6 Å². The molecule has 1 unspecified atom stereocenters. The van der Waals surface area contributed by atoms with Crippen LogP contribution in [-0.2, 0) is 9.53 Å². The Morgan fingerprint density at radius 1 is 1.50 bits per heavy atom. The Bertz CT molecular complexity index is 482. The summed E-state index contributed by atoms with van der Waals surface area (Å²) in [6.45, 7) is 5.89. The molecule has 0 radical (unpaired) electrons. The number of rotatable bonds is 5. The molecule has 0 N–H and O–H groups in total. The lowest BCUT2D eigenvalue weighted by Gasteiger charge is -2.18. The van der Waals surface area contributed by atoms with Crippen LogP contribution in [0, 0.1) is 6.92 Å². The molecule has 0 fully saturated rings. The lowest BCUT2D eigenvalue weighted by molar-refractivity contribution is -0.147. The van der Waals surface area contributed by atoms with E-state index < -0.39 is 6.04 Å². The summed E-state index contributed by atoms with van der Waals surface area (Å²) >= 11 is 3.38. The van der Waals surface area contributed by atoms with Crippen molar-refractivity contribution in [3.05, 3.63) is 32.7 Å². The van der Waals surface area contributed by atoms with Gasteiger partial charge in [-0.2, -0.15) is 0 Å². The van der Waals surface area contributed by atoms with E-state index in [2.05, 4.69) is 15.9 Å². The van der Waals surface area contributed by atoms with Gasteiger partial charge in [-0.15, -0.1) is 0 Å². The van der Waals surface area contributed by atoms with Crippen LogP contribution in [0.15, 0.2) is 21.5 Å². The molecule has 0 saturated carbocycles. The Morgan fingerprint density at radius 2 is 2.17 bits per heavy atom. The summed E-state index contributed by atoms with van der Waals surface area (Å²) in [5.74, 6) is -0.350. The minimum absolute atomic E-state index is 0.179. The number of halogens is 1. The Balaban J connectivity index is 3.17. The lowest BCUT2D eigenvalue weighted by atomic mass is 10.1. The fourth-order valence-corrected chi connectivity index (χ4v) is 2.08. The van der Waals surface area contributed by atoms with E-state index in [0.717, 1.165) is 16.5 Å². The summed E-state index contributed by atoms with van der Waals surface area (Å²) in [5, 5.41) is 0. The maximum absolute atomic E-state index is 12.0. The predicted octanol–water partition coefficient (Wildman–Crippen LogP) is 2.82. The van der Waals surface area contributed by atoms with Crippen LogP contribution in [0.2, 0.25) is 0 Å². The summed E-state index contributed by atoms with van der Waals surface area (Å²) in [5.41, 5.74) is 0.678. The van der Waals surface area contributed by atoms with Gasteiger partial charge in [0.1, 0.15) is 6.04 Å². The van der Waals surface area contributed by atoms with Crippen molar-refractivity contribution in [2.75, 3.05) is 6.61 Å². The van der Waals surface area contributed by atoms with Crippen molar-refractivity contribution in [2.24, 2.45) is 0 Å². The van der Waals surface area contributed by atoms with E-state index in [-0.39, 0.29) is 11.5 Å². The maximum Gasteiger partial charge on any atom is 0.329 e. The molecular formula is C13H18BrNO3. The Hall–Kier alpha value is -1.10. The van der Waals surface area contributed by atoms with Crippen LogP contribution in [0.4, 0.5) is 0 Å². The number of aryl methyl sites for hydroxylation is 1. The van der Waals surface area contributed by atoms with E-state index in [1.54, 1.807) is 13.1 Å². The number of carbonyl (C=O) groups is 1. The first-order chi connectivity index (χ1) is 8.51. The van der Waals surface area contributed by atoms with E-state index in [9.17, 15) is 9.59 Å². The largest absolute Gasteiger partial charge is 0.464 e. The number of hydrogen-bond donors (Lipinski definition) is 0. The fourth-order valence-electron chi connectivity index (χ4n) is 1.74. The van der Waals surface area contributed by atoms with E-state index in [1.807, 2.05) is 13.8 Å². The van der Waals surface area contributed by atoms with Crippen LogP contribution in [0.5, 0.6) is 0 Å². The summed E-state index contributed by atoms with van der Waals surface area (Å²) < 4.78 is 7.28. The second-order valence-corrected chi connectivity index (χ2v) is 4.96. The van der Waals surface area contributed by atoms with E-state index in [0.29, 0.717) is 13.0 Å². The van der Waals surface area contributed by atoms with Gasteiger partial charge in [0.2, 0.25) is 0 Å². The molecule has 0 aliphatic rings. The maximum atomic E-state index is 12.0. The highest BCUT2D eigenvalue weighted by Crippen LogP contribution is 2.19. The van der Waals surface area contributed by atoms with Crippen molar-refractivity contribution >= 4 is 21.9 Å². The SMILES string of the molecule is CCCC(C(=O)OCC)n1cc(Br)c(C)cc1=O. The molecule has 5 heteroatoms. The molecule has 1 atom stereocenters. The first kappa shape index (κ1) is 15.0. The molecule has 18 heavy (non-hydrogen) atoms. The number of ether oxygens (including phenoxy) is 1. The van der Waals surface area contributed by atoms with Gasteiger partial charge in [0.25, 0.3) is 5.56 Å². The molecule has 1 rings (SSSR count). The number of hydrogen-bond acceptors (Lipinski definition) is 3. The minimum atomic E-state index is -0.542. The molecule has 0 bridgehead atoms. The third-order valence-electron chi connectivity index (χ3n) is 2.68. The monoisotopic (exact) mass is 315 g/mol. The van der Waals surface area contributed by atoms with Crippen LogP contribution in [0.1, 0.15) is 38.3 Å². The Morgan fingerprint density at radius 3 is 2.72 bits per heavy atom. The third-order valence-corrected chi connectivity index (χ3v) is 3.51. The summed E-state index contributed by atoms with van der Waals surface area (Å²) in [7, 11) is 0. The quantitative estimate of drug-likeness (QED) is 0.785. The van der Waals surface area contributed by atoms with Crippen molar-refractivity contribution in [3.8, 4) is 0 Å². The van der Waals surface area contributed by atoms with Gasteiger partial charge in [-0.1, -0.05) is 13.3 Å². The molecule has 0 aromatic carbocycles. The van der Waals surface area contributed by atoms with E-state index >= 15 is 0 Å². The van der Waals surface area contributed by atoms with Crippen molar-refractivity contribution in [1.82, 2.24) is 4.57 Å². The van der Waals surface area contributed by atoms with Crippen LogP contribution in [-0.4, -0.2) is 17.1 Å². The first-order valence-electron chi connectivity index (χ1n) is 6.06. The first-order valence-corrected chi connectivity index (χ1v) is 6.85. The lowest BCUT2D eigenvalue weighted by Crippen LogP contribution is -2.30. The zero-order chi connectivity index (χ0) is 13.7. The summed E-state index contributed by atoms with van der Waals surface area (Å²) in [6, 6.07) is 0.978. The molecule has 1 aromatic heterocycles. The highest BCUT2D eigenvalue weighted by Gasteiger charge is 2.22. The summed E-state index contributed by atoms with van der Waals surface area (Å²) in [4.78, 5) is 23.8. The van der Waals surface area contributed by atoms with Crippen LogP contribution >= 0.6 is 15.9 Å². The normalized spacial score (nSPS) is 12.2. The molecule has 0 aliphatic heterocycles. The van der Waals surface area contributed by atoms with Crippen molar-refractivity contribution in [2.45, 2.75) is 39.7 Å². The topological polar surface area (TPSA) is 48.3 Å². The Kier molecular flexibility index (Phi) is 5.59. The highest BCUT2D eigenvalue weighted by molar-refractivity contribution is 9.10. The zero-order valence-electron chi connectivity index (χ0n) is 10.9. The highest BCUT2D eigenvalue weighted by atomic mass is 79.9. The number of esters is 1. The Labute approximate surface area is 115 Å². The fraction of sp³-hybridized carbons (Fsp3) is 0.538. The van der Waals surface area contributed by atoms with Crippen molar-refractivity contribution in [1.29, 1.82) is 0 Å². The van der Waals surface area contributed by atoms with Crippen LogP contribution in [0.3, 0.4) is 0 Å². The molecule has 0 saturated heterocycles. The van der Waals surface area contributed by atoms with E-state index in [4.69, 9.17) is 4.74 Å². The molecule has 4 nitrogen and oxygen atoms in total. The van der Waals surface area contributed by atoms with Gasteiger partial charge in [-0.3, -0.25) is 4.79 Å². The predicted molar refractivity (Wildman–Crippen MR) is 73.7 cm³/mol. The second kappa shape index (κ2) is 6.73. The molecule has 0 amide bonds. The van der Waals surface area contributed by atoms with Gasteiger partial charge in [0.15, 0.2) is 0 Å². The van der Waals surface area contributed by atoms with Gasteiger partial charge in [0, 0.05) is 16.7 Å². The third kappa shape index (κ3) is 3.45. The minimum Gasteiger partial charge on any atom is -0.464 e. The van der Waals surface area contributed by atoms with Gasteiger partial charge < -0.3 is 9.30 Å². The molecule has 0 aliphatic carbocycles. The standard InChI is InChI=1S/C13H18BrNO3/c1-4-6-11(13(17)18-5-2)15-8-10(14)9(3)7-12(15)16/h7-8,11H,4-6H2,1-3H3. The molecular weight excluding hydrogens is 298 g/mol. The van der Waals surface area contributed by atoms with Gasteiger partial charge in [-0.25, -0.2) is 4.79 Å². The average Bonchev–Trinajstić information content (AvgIpc) is 2.31.